The first kappa shape index (κ1) is 17.9. The first-order valence-corrected chi connectivity index (χ1v) is 8.89. The van der Waals surface area contributed by atoms with E-state index in [4.69, 9.17) is 9.47 Å². The third kappa shape index (κ3) is 3.05. The Kier molecular flexibility index (Phi) is 4.43. The van der Waals surface area contributed by atoms with E-state index in [1.165, 1.54) is 0 Å². The molecule has 0 unspecified atom stereocenters. The van der Waals surface area contributed by atoms with E-state index in [1.54, 1.807) is 55.5 Å². The fourth-order valence-corrected chi connectivity index (χ4v) is 3.63. The predicted octanol–water partition coefficient (Wildman–Crippen LogP) is 3.08. The number of H-pyrrole nitrogens is 1. The van der Waals surface area contributed by atoms with Crippen LogP contribution in [0.1, 0.15) is 32.0 Å². The zero-order chi connectivity index (χ0) is 19.8. The van der Waals surface area contributed by atoms with Crippen LogP contribution in [0.4, 0.5) is 0 Å². The Morgan fingerprint density at radius 3 is 2.39 bits per heavy atom. The standard InChI is InChI=1S/C21H20N2O5/c1-27-14-7-13(8-15(10-14)28-2)20(24)23-6-5-19-17(11-23)16-9-12(21(25)26)3-4-18(16)22-19/h3-4,7-10,22H,5-6,11H2,1-2H3,(H,25,26). The molecule has 0 saturated heterocycles. The maximum absolute atomic E-state index is 13.1. The third-order valence-corrected chi connectivity index (χ3v) is 5.11. The second-order valence-corrected chi connectivity index (χ2v) is 6.73. The maximum atomic E-state index is 13.1. The van der Waals surface area contributed by atoms with Crippen LogP contribution in [0, 0.1) is 0 Å². The smallest absolute Gasteiger partial charge is 0.335 e. The van der Waals surface area contributed by atoms with Crippen molar-refractivity contribution in [1.82, 2.24) is 9.88 Å². The molecule has 0 radical (unpaired) electrons. The number of hydrogen-bond donors (Lipinski definition) is 2. The Balaban J connectivity index is 1.68. The number of carboxylic acids is 1. The molecule has 7 nitrogen and oxygen atoms in total. The van der Waals surface area contributed by atoms with E-state index in [9.17, 15) is 14.7 Å². The molecule has 1 aromatic heterocycles. The summed E-state index contributed by atoms with van der Waals surface area (Å²) in [7, 11) is 3.09. The van der Waals surface area contributed by atoms with Crippen molar-refractivity contribution in [3.05, 3.63) is 58.8 Å². The van der Waals surface area contributed by atoms with Gasteiger partial charge in [-0.1, -0.05) is 0 Å². The number of aromatic carboxylic acids is 1. The van der Waals surface area contributed by atoms with Crippen LogP contribution < -0.4 is 9.47 Å². The lowest BCUT2D eigenvalue weighted by atomic mass is 10.0. The van der Waals surface area contributed by atoms with Crippen molar-refractivity contribution in [1.29, 1.82) is 0 Å². The highest BCUT2D eigenvalue weighted by Crippen LogP contribution is 2.30. The van der Waals surface area contributed by atoms with E-state index in [0.29, 0.717) is 36.6 Å². The molecule has 1 aliphatic rings. The largest absolute Gasteiger partial charge is 0.497 e. The molecule has 144 valence electrons. The van der Waals surface area contributed by atoms with Crippen molar-refractivity contribution < 1.29 is 24.2 Å². The Bertz CT molecular complexity index is 1060. The molecule has 0 saturated carbocycles. The van der Waals surface area contributed by atoms with Crippen LogP contribution in [-0.4, -0.2) is 47.6 Å². The summed E-state index contributed by atoms with van der Waals surface area (Å²) in [4.78, 5) is 29.5. The Labute approximate surface area is 161 Å². The molecular weight excluding hydrogens is 360 g/mol. The molecule has 2 heterocycles. The number of methoxy groups -OCH3 is 2. The molecule has 1 aliphatic heterocycles. The van der Waals surface area contributed by atoms with Gasteiger partial charge in [0.05, 0.1) is 19.8 Å². The molecular formula is C21H20N2O5. The fourth-order valence-electron chi connectivity index (χ4n) is 3.63. The van der Waals surface area contributed by atoms with E-state index in [2.05, 4.69) is 4.98 Å². The van der Waals surface area contributed by atoms with Crippen LogP contribution in [-0.2, 0) is 13.0 Å². The highest BCUT2D eigenvalue weighted by atomic mass is 16.5. The molecule has 0 aliphatic carbocycles. The fraction of sp³-hybridized carbons (Fsp3) is 0.238. The number of rotatable bonds is 4. The molecule has 0 bridgehead atoms. The van der Waals surface area contributed by atoms with Gasteiger partial charge in [0.2, 0.25) is 0 Å². The number of carbonyl (C=O) groups excluding carboxylic acids is 1. The summed E-state index contributed by atoms with van der Waals surface area (Å²) in [5, 5.41) is 10.1. The van der Waals surface area contributed by atoms with Crippen molar-refractivity contribution in [3.8, 4) is 11.5 Å². The molecule has 2 aromatic carbocycles. The van der Waals surface area contributed by atoms with Crippen molar-refractivity contribution in [2.45, 2.75) is 13.0 Å². The number of benzene rings is 2. The summed E-state index contributed by atoms with van der Waals surface area (Å²) in [6.07, 6.45) is 0.680. The van der Waals surface area contributed by atoms with Crippen LogP contribution in [0.15, 0.2) is 36.4 Å². The van der Waals surface area contributed by atoms with Gasteiger partial charge in [0, 0.05) is 53.3 Å². The summed E-state index contributed by atoms with van der Waals surface area (Å²) in [6.45, 7) is 0.987. The molecule has 4 rings (SSSR count). The van der Waals surface area contributed by atoms with Gasteiger partial charge in [0.15, 0.2) is 0 Å². The number of nitrogens with zero attached hydrogens (tertiary/aromatic N) is 1. The third-order valence-electron chi connectivity index (χ3n) is 5.11. The van der Waals surface area contributed by atoms with E-state index < -0.39 is 5.97 Å². The zero-order valence-electron chi connectivity index (χ0n) is 15.6. The highest BCUT2D eigenvalue weighted by Gasteiger charge is 2.26. The number of carbonyl (C=O) groups is 2. The monoisotopic (exact) mass is 380 g/mol. The van der Waals surface area contributed by atoms with Crippen LogP contribution in [0.5, 0.6) is 11.5 Å². The highest BCUT2D eigenvalue weighted by molar-refractivity contribution is 5.97. The van der Waals surface area contributed by atoms with E-state index in [1.807, 2.05) is 0 Å². The van der Waals surface area contributed by atoms with Crippen LogP contribution in [0.2, 0.25) is 0 Å². The number of aromatic amines is 1. The van der Waals surface area contributed by atoms with Gasteiger partial charge in [-0.25, -0.2) is 4.79 Å². The lowest BCUT2D eigenvalue weighted by Crippen LogP contribution is -2.35. The number of amides is 1. The van der Waals surface area contributed by atoms with Gasteiger partial charge in [-0.3, -0.25) is 4.79 Å². The average molecular weight is 380 g/mol. The quantitative estimate of drug-likeness (QED) is 0.726. The van der Waals surface area contributed by atoms with Crippen molar-refractivity contribution in [2.24, 2.45) is 0 Å². The summed E-state index contributed by atoms with van der Waals surface area (Å²) in [6, 6.07) is 10.1. The first-order chi connectivity index (χ1) is 13.5. The minimum atomic E-state index is -0.968. The average Bonchev–Trinajstić information content (AvgIpc) is 3.09. The number of fused-ring (bicyclic) bond motifs is 3. The second-order valence-electron chi connectivity index (χ2n) is 6.73. The lowest BCUT2D eigenvalue weighted by Gasteiger charge is -2.27. The van der Waals surface area contributed by atoms with Gasteiger partial charge in [-0.2, -0.15) is 0 Å². The van der Waals surface area contributed by atoms with E-state index in [0.717, 1.165) is 22.2 Å². The molecule has 28 heavy (non-hydrogen) atoms. The van der Waals surface area contributed by atoms with Gasteiger partial charge >= 0.3 is 5.97 Å². The van der Waals surface area contributed by atoms with Crippen molar-refractivity contribution in [2.75, 3.05) is 20.8 Å². The number of carboxylic acid groups (broad SMARTS) is 1. The Morgan fingerprint density at radius 1 is 1.04 bits per heavy atom. The van der Waals surface area contributed by atoms with E-state index >= 15 is 0 Å². The zero-order valence-corrected chi connectivity index (χ0v) is 15.6. The molecule has 0 fully saturated rings. The number of aromatic nitrogens is 1. The summed E-state index contributed by atoms with van der Waals surface area (Å²) in [5.74, 6) is 0.0212. The Hall–Kier alpha value is -3.48. The van der Waals surface area contributed by atoms with Gasteiger partial charge < -0.3 is 24.5 Å². The Morgan fingerprint density at radius 2 is 1.75 bits per heavy atom. The molecule has 1 amide bonds. The topological polar surface area (TPSA) is 91.9 Å². The first-order valence-electron chi connectivity index (χ1n) is 8.89. The predicted molar refractivity (Wildman–Crippen MR) is 103 cm³/mol. The van der Waals surface area contributed by atoms with Crippen LogP contribution in [0.3, 0.4) is 0 Å². The molecule has 0 atom stereocenters. The van der Waals surface area contributed by atoms with Gasteiger partial charge in [0.25, 0.3) is 5.91 Å². The SMILES string of the molecule is COc1cc(OC)cc(C(=O)N2CCc3[nH]c4ccc(C(=O)O)cc4c3C2)c1. The van der Waals surface area contributed by atoms with Crippen molar-refractivity contribution >= 4 is 22.8 Å². The summed E-state index contributed by atoms with van der Waals surface area (Å²) < 4.78 is 10.5. The van der Waals surface area contributed by atoms with E-state index in [-0.39, 0.29) is 11.5 Å². The molecule has 7 heteroatoms. The molecule has 2 N–H and O–H groups in total. The van der Waals surface area contributed by atoms with Gasteiger partial charge in [-0.15, -0.1) is 0 Å². The summed E-state index contributed by atoms with van der Waals surface area (Å²) >= 11 is 0. The normalized spacial score (nSPS) is 13.3. The second kappa shape index (κ2) is 6.92. The molecule has 3 aromatic rings. The van der Waals surface area contributed by atoms with Crippen molar-refractivity contribution in [3.63, 3.8) is 0 Å². The minimum Gasteiger partial charge on any atom is -0.497 e. The minimum absolute atomic E-state index is 0.119. The van der Waals surface area contributed by atoms with Gasteiger partial charge in [0.1, 0.15) is 11.5 Å². The number of hydrogen-bond acceptors (Lipinski definition) is 4. The summed E-state index contributed by atoms with van der Waals surface area (Å²) in [5.41, 5.74) is 3.62. The van der Waals surface area contributed by atoms with Crippen LogP contribution in [0.25, 0.3) is 10.9 Å². The van der Waals surface area contributed by atoms with Gasteiger partial charge in [-0.05, 0) is 30.3 Å². The lowest BCUT2D eigenvalue weighted by molar-refractivity contribution is 0.0694. The van der Waals surface area contributed by atoms with Crippen LogP contribution >= 0.6 is 0 Å². The number of ether oxygens (including phenoxy) is 2. The molecule has 0 spiro atoms. The maximum Gasteiger partial charge on any atom is 0.335 e. The number of nitrogens with one attached hydrogen (secondary N) is 1.